The highest BCUT2D eigenvalue weighted by Crippen LogP contribution is 2.35. The smallest absolute Gasteiger partial charge is 0.224 e. The van der Waals surface area contributed by atoms with Crippen LogP contribution in [0.5, 0.6) is 0 Å². The molecular formula is C12H23N3O. The maximum atomic E-state index is 11.9. The summed E-state index contributed by atoms with van der Waals surface area (Å²) in [6.45, 7) is 2.65. The minimum Gasteiger partial charge on any atom is -0.354 e. The van der Waals surface area contributed by atoms with Gasteiger partial charge < -0.3 is 15.5 Å². The molecule has 1 unspecified atom stereocenters. The van der Waals surface area contributed by atoms with E-state index >= 15 is 0 Å². The molecule has 1 aliphatic carbocycles. The summed E-state index contributed by atoms with van der Waals surface area (Å²) in [5.74, 6) is 0.428. The summed E-state index contributed by atoms with van der Waals surface area (Å²) in [5, 5.41) is 6.36. The summed E-state index contributed by atoms with van der Waals surface area (Å²) in [4.78, 5) is 14.2. The molecule has 1 saturated heterocycles. The predicted molar refractivity (Wildman–Crippen MR) is 64.3 cm³/mol. The number of likely N-dealkylation sites (N-methyl/N-ethyl adjacent to an activating group) is 1. The number of nitrogens with zero attached hydrogens (tertiary/aromatic N) is 1. The van der Waals surface area contributed by atoms with Crippen LogP contribution in [0.25, 0.3) is 0 Å². The van der Waals surface area contributed by atoms with Gasteiger partial charge >= 0.3 is 0 Å². The summed E-state index contributed by atoms with van der Waals surface area (Å²) in [7, 11) is 4.23. The van der Waals surface area contributed by atoms with Crippen molar-refractivity contribution in [2.45, 2.75) is 31.2 Å². The lowest BCUT2D eigenvalue weighted by Crippen LogP contribution is -2.57. The Bertz CT molecular complexity index is 255. The SMILES string of the molecule is CN(C)C1(CNC(=O)C2CCNC2)CCC1. The minimum atomic E-state index is 0.194. The van der Waals surface area contributed by atoms with Crippen molar-refractivity contribution in [1.29, 1.82) is 0 Å². The van der Waals surface area contributed by atoms with Crippen LogP contribution in [0.2, 0.25) is 0 Å². The van der Waals surface area contributed by atoms with E-state index in [1.54, 1.807) is 0 Å². The molecule has 0 spiro atoms. The van der Waals surface area contributed by atoms with Gasteiger partial charge in [0.25, 0.3) is 0 Å². The van der Waals surface area contributed by atoms with Crippen LogP contribution in [0.15, 0.2) is 0 Å². The molecule has 4 heteroatoms. The van der Waals surface area contributed by atoms with Crippen molar-refractivity contribution < 1.29 is 4.79 Å². The fraction of sp³-hybridized carbons (Fsp3) is 0.917. The van der Waals surface area contributed by atoms with Crippen molar-refractivity contribution in [3.8, 4) is 0 Å². The normalized spacial score (nSPS) is 27.8. The Hall–Kier alpha value is -0.610. The van der Waals surface area contributed by atoms with E-state index in [0.717, 1.165) is 26.1 Å². The van der Waals surface area contributed by atoms with E-state index in [2.05, 4.69) is 29.6 Å². The third-order valence-electron chi connectivity index (χ3n) is 4.26. The molecule has 1 aliphatic heterocycles. The fourth-order valence-corrected chi connectivity index (χ4v) is 2.64. The molecule has 0 aromatic carbocycles. The van der Waals surface area contributed by atoms with Crippen LogP contribution in [0.4, 0.5) is 0 Å². The monoisotopic (exact) mass is 225 g/mol. The number of hydrogen-bond acceptors (Lipinski definition) is 3. The number of amides is 1. The van der Waals surface area contributed by atoms with Gasteiger partial charge in [0.15, 0.2) is 0 Å². The summed E-state index contributed by atoms with van der Waals surface area (Å²) in [6, 6.07) is 0. The molecule has 2 rings (SSSR count). The number of nitrogens with one attached hydrogen (secondary N) is 2. The molecule has 0 aromatic heterocycles. The van der Waals surface area contributed by atoms with E-state index in [9.17, 15) is 4.79 Å². The maximum Gasteiger partial charge on any atom is 0.224 e. The summed E-state index contributed by atoms with van der Waals surface area (Å²) < 4.78 is 0. The van der Waals surface area contributed by atoms with Gasteiger partial charge in [-0.05, 0) is 46.3 Å². The van der Waals surface area contributed by atoms with E-state index in [1.165, 1.54) is 19.3 Å². The fourth-order valence-electron chi connectivity index (χ4n) is 2.64. The molecule has 0 radical (unpaired) electrons. The van der Waals surface area contributed by atoms with Crippen molar-refractivity contribution in [2.75, 3.05) is 33.7 Å². The van der Waals surface area contributed by atoms with Gasteiger partial charge in [-0.1, -0.05) is 0 Å². The Morgan fingerprint density at radius 2 is 2.25 bits per heavy atom. The van der Waals surface area contributed by atoms with Crippen LogP contribution in [-0.2, 0) is 4.79 Å². The van der Waals surface area contributed by atoms with E-state index < -0.39 is 0 Å². The Labute approximate surface area is 97.8 Å². The third kappa shape index (κ3) is 2.23. The van der Waals surface area contributed by atoms with Crippen molar-refractivity contribution >= 4 is 5.91 Å². The van der Waals surface area contributed by atoms with Crippen molar-refractivity contribution in [2.24, 2.45) is 5.92 Å². The van der Waals surface area contributed by atoms with Crippen molar-refractivity contribution in [3.05, 3.63) is 0 Å². The van der Waals surface area contributed by atoms with Crippen LogP contribution in [0, 0.1) is 5.92 Å². The zero-order valence-electron chi connectivity index (χ0n) is 10.4. The second-order valence-corrected chi connectivity index (χ2v) is 5.38. The van der Waals surface area contributed by atoms with E-state index in [1.807, 2.05) is 0 Å². The molecule has 1 atom stereocenters. The second kappa shape index (κ2) is 4.72. The molecule has 2 aliphatic rings. The number of carbonyl (C=O) groups is 1. The lowest BCUT2D eigenvalue weighted by atomic mass is 9.75. The highest BCUT2D eigenvalue weighted by atomic mass is 16.1. The van der Waals surface area contributed by atoms with E-state index in [4.69, 9.17) is 0 Å². The zero-order chi connectivity index (χ0) is 11.6. The van der Waals surface area contributed by atoms with Gasteiger partial charge in [0.2, 0.25) is 5.91 Å². The first-order valence-corrected chi connectivity index (χ1v) is 6.30. The van der Waals surface area contributed by atoms with Crippen LogP contribution < -0.4 is 10.6 Å². The topological polar surface area (TPSA) is 44.4 Å². The summed E-state index contributed by atoms with van der Waals surface area (Å²) >= 11 is 0. The molecule has 1 heterocycles. The first-order valence-electron chi connectivity index (χ1n) is 6.30. The average molecular weight is 225 g/mol. The van der Waals surface area contributed by atoms with Crippen molar-refractivity contribution in [3.63, 3.8) is 0 Å². The van der Waals surface area contributed by atoms with Crippen molar-refractivity contribution in [1.82, 2.24) is 15.5 Å². The standard InChI is InChI=1S/C12H23N3O/c1-15(2)12(5-3-6-12)9-14-11(16)10-4-7-13-8-10/h10,13H,3-9H2,1-2H3,(H,14,16). The van der Waals surface area contributed by atoms with Gasteiger partial charge in [-0.3, -0.25) is 4.79 Å². The van der Waals surface area contributed by atoms with Gasteiger partial charge in [0, 0.05) is 18.6 Å². The maximum absolute atomic E-state index is 11.9. The van der Waals surface area contributed by atoms with Crippen LogP contribution in [0.3, 0.4) is 0 Å². The Balaban J connectivity index is 1.79. The Morgan fingerprint density at radius 1 is 1.50 bits per heavy atom. The molecule has 2 fully saturated rings. The predicted octanol–water partition coefficient (Wildman–Crippen LogP) is 0.196. The van der Waals surface area contributed by atoms with Gasteiger partial charge in [0.1, 0.15) is 0 Å². The quantitative estimate of drug-likeness (QED) is 0.718. The van der Waals surface area contributed by atoms with Gasteiger partial charge in [-0.25, -0.2) is 0 Å². The van der Waals surface area contributed by atoms with E-state index in [-0.39, 0.29) is 17.4 Å². The highest BCUT2D eigenvalue weighted by Gasteiger charge is 2.39. The van der Waals surface area contributed by atoms with Crippen LogP contribution in [-0.4, -0.2) is 50.1 Å². The first kappa shape index (κ1) is 11.9. The Morgan fingerprint density at radius 3 is 2.69 bits per heavy atom. The summed E-state index contributed by atoms with van der Waals surface area (Å²) in [5.41, 5.74) is 0.238. The molecule has 4 nitrogen and oxygen atoms in total. The molecule has 16 heavy (non-hydrogen) atoms. The molecule has 1 amide bonds. The molecule has 92 valence electrons. The average Bonchev–Trinajstić information content (AvgIpc) is 2.67. The molecule has 0 aromatic rings. The Kier molecular flexibility index (Phi) is 3.50. The number of rotatable bonds is 4. The lowest BCUT2D eigenvalue weighted by Gasteiger charge is -2.47. The molecular weight excluding hydrogens is 202 g/mol. The number of hydrogen-bond donors (Lipinski definition) is 2. The van der Waals surface area contributed by atoms with Crippen LogP contribution >= 0.6 is 0 Å². The first-order chi connectivity index (χ1) is 7.64. The van der Waals surface area contributed by atoms with E-state index in [0.29, 0.717) is 0 Å². The largest absolute Gasteiger partial charge is 0.354 e. The van der Waals surface area contributed by atoms with Gasteiger partial charge in [0.05, 0.1) is 5.92 Å². The lowest BCUT2D eigenvalue weighted by molar-refractivity contribution is -0.125. The van der Waals surface area contributed by atoms with Crippen LogP contribution in [0.1, 0.15) is 25.7 Å². The molecule has 0 bridgehead atoms. The highest BCUT2D eigenvalue weighted by molar-refractivity contribution is 5.79. The number of carbonyl (C=O) groups excluding carboxylic acids is 1. The second-order valence-electron chi connectivity index (χ2n) is 5.38. The third-order valence-corrected chi connectivity index (χ3v) is 4.26. The minimum absolute atomic E-state index is 0.194. The molecule has 2 N–H and O–H groups in total. The summed E-state index contributed by atoms with van der Waals surface area (Å²) in [6.07, 6.45) is 4.70. The molecule has 1 saturated carbocycles. The zero-order valence-corrected chi connectivity index (χ0v) is 10.4. The van der Waals surface area contributed by atoms with Gasteiger partial charge in [-0.2, -0.15) is 0 Å². The van der Waals surface area contributed by atoms with Gasteiger partial charge in [-0.15, -0.1) is 0 Å².